The second-order valence-electron chi connectivity index (χ2n) is 4.80. The largest absolute Gasteiger partial charge is 0.388 e. The third-order valence-electron chi connectivity index (χ3n) is 3.35. The van der Waals surface area contributed by atoms with Crippen LogP contribution in [0.25, 0.3) is 0 Å². The normalized spacial score (nSPS) is 12.7. The maximum Gasteiger partial charge on any atom is 0.0851 e. The van der Waals surface area contributed by atoms with E-state index < -0.39 is 6.10 Å². The summed E-state index contributed by atoms with van der Waals surface area (Å²) in [6, 6.07) is 5.77. The highest BCUT2D eigenvalue weighted by molar-refractivity contribution is 9.11. The van der Waals surface area contributed by atoms with Crippen LogP contribution in [-0.2, 0) is 19.4 Å². The standard InChI is InChI=1S/C15H17Br2ClN2O/c1-3-12-15(18)13(20(4-2)19-12)8-14(21)9-5-10(16)7-11(17)6-9/h5-7,14,21H,3-4,8H2,1-2H3. The minimum absolute atomic E-state index is 0.447. The van der Waals surface area contributed by atoms with E-state index in [2.05, 4.69) is 37.0 Å². The summed E-state index contributed by atoms with van der Waals surface area (Å²) in [7, 11) is 0. The molecular weight excluding hydrogens is 419 g/mol. The maximum atomic E-state index is 10.5. The molecule has 0 radical (unpaired) electrons. The molecule has 114 valence electrons. The number of halogens is 3. The Kier molecular flexibility index (Phi) is 5.88. The van der Waals surface area contributed by atoms with Crippen molar-refractivity contribution < 1.29 is 5.11 Å². The Bertz CT molecular complexity index is 623. The van der Waals surface area contributed by atoms with Gasteiger partial charge in [-0.15, -0.1) is 0 Å². The minimum Gasteiger partial charge on any atom is -0.388 e. The molecule has 0 fully saturated rings. The number of nitrogens with zero attached hydrogens (tertiary/aromatic N) is 2. The third kappa shape index (κ3) is 3.89. The van der Waals surface area contributed by atoms with Gasteiger partial charge in [-0.2, -0.15) is 5.10 Å². The smallest absolute Gasteiger partial charge is 0.0851 e. The molecule has 6 heteroatoms. The maximum absolute atomic E-state index is 10.5. The molecule has 0 aliphatic heterocycles. The average Bonchev–Trinajstić information content (AvgIpc) is 2.74. The van der Waals surface area contributed by atoms with Crippen molar-refractivity contribution in [3.8, 4) is 0 Å². The van der Waals surface area contributed by atoms with Gasteiger partial charge < -0.3 is 5.11 Å². The van der Waals surface area contributed by atoms with E-state index in [4.69, 9.17) is 11.6 Å². The Hall–Kier alpha value is -0.360. The molecule has 1 aromatic carbocycles. The summed E-state index contributed by atoms with van der Waals surface area (Å²) in [5.74, 6) is 0. The van der Waals surface area contributed by atoms with Crippen LogP contribution in [0.2, 0.25) is 5.02 Å². The number of hydrogen-bond donors (Lipinski definition) is 1. The predicted molar refractivity (Wildman–Crippen MR) is 92.8 cm³/mol. The van der Waals surface area contributed by atoms with Crippen LogP contribution in [0.4, 0.5) is 0 Å². The second kappa shape index (κ2) is 7.27. The van der Waals surface area contributed by atoms with E-state index in [0.29, 0.717) is 11.4 Å². The molecule has 0 bridgehead atoms. The van der Waals surface area contributed by atoms with Crippen LogP contribution in [0, 0.1) is 0 Å². The molecule has 0 amide bonds. The van der Waals surface area contributed by atoms with Crippen LogP contribution in [0.5, 0.6) is 0 Å². The zero-order valence-corrected chi connectivity index (χ0v) is 15.8. The Morgan fingerprint density at radius 1 is 1.24 bits per heavy atom. The number of benzene rings is 1. The molecule has 1 N–H and O–H groups in total. The summed E-state index contributed by atoms with van der Waals surface area (Å²) in [6.07, 6.45) is 0.614. The SMILES string of the molecule is CCc1nn(CC)c(CC(O)c2cc(Br)cc(Br)c2)c1Cl. The van der Waals surface area contributed by atoms with Crippen molar-refractivity contribution in [1.82, 2.24) is 9.78 Å². The fourth-order valence-electron chi connectivity index (χ4n) is 2.28. The first-order valence-corrected chi connectivity index (χ1v) is 8.80. The van der Waals surface area contributed by atoms with Crippen LogP contribution in [0.15, 0.2) is 27.1 Å². The van der Waals surface area contributed by atoms with Gasteiger partial charge in [-0.1, -0.05) is 50.4 Å². The molecule has 0 spiro atoms. The highest BCUT2D eigenvalue weighted by Crippen LogP contribution is 2.29. The fraction of sp³-hybridized carbons (Fsp3) is 0.400. The summed E-state index contributed by atoms with van der Waals surface area (Å²) >= 11 is 13.3. The molecule has 2 aromatic rings. The van der Waals surface area contributed by atoms with Gasteiger partial charge in [-0.05, 0) is 37.1 Å². The minimum atomic E-state index is -0.622. The number of aromatic nitrogens is 2. The second-order valence-corrected chi connectivity index (χ2v) is 7.01. The summed E-state index contributed by atoms with van der Waals surface area (Å²) in [4.78, 5) is 0. The predicted octanol–water partition coefficient (Wildman–Crippen LogP) is 4.92. The lowest BCUT2D eigenvalue weighted by Gasteiger charge is -2.13. The van der Waals surface area contributed by atoms with Crippen molar-refractivity contribution in [1.29, 1.82) is 0 Å². The van der Waals surface area contributed by atoms with Crippen LogP contribution < -0.4 is 0 Å². The van der Waals surface area contributed by atoms with Crippen LogP contribution in [0.1, 0.15) is 36.9 Å². The van der Waals surface area contributed by atoms with Crippen molar-refractivity contribution in [3.63, 3.8) is 0 Å². The Morgan fingerprint density at radius 3 is 2.38 bits per heavy atom. The van der Waals surface area contributed by atoms with E-state index in [-0.39, 0.29) is 0 Å². The van der Waals surface area contributed by atoms with Gasteiger partial charge >= 0.3 is 0 Å². The lowest BCUT2D eigenvalue weighted by Crippen LogP contribution is -2.09. The highest BCUT2D eigenvalue weighted by atomic mass is 79.9. The van der Waals surface area contributed by atoms with Crippen molar-refractivity contribution in [2.45, 2.75) is 39.3 Å². The molecule has 21 heavy (non-hydrogen) atoms. The highest BCUT2D eigenvalue weighted by Gasteiger charge is 2.19. The number of aliphatic hydroxyl groups is 1. The average molecular weight is 437 g/mol. The molecule has 1 aromatic heterocycles. The summed E-state index contributed by atoms with van der Waals surface area (Å²) in [5.41, 5.74) is 2.62. The van der Waals surface area contributed by atoms with Gasteiger partial charge in [0.25, 0.3) is 0 Å². The molecular formula is C15H17Br2ClN2O. The number of rotatable bonds is 5. The van der Waals surface area contributed by atoms with Gasteiger partial charge in [-0.3, -0.25) is 4.68 Å². The van der Waals surface area contributed by atoms with Gasteiger partial charge in [0, 0.05) is 21.9 Å². The first kappa shape index (κ1) is 17.0. The van der Waals surface area contributed by atoms with E-state index in [0.717, 1.165) is 38.9 Å². The topological polar surface area (TPSA) is 38.0 Å². The van der Waals surface area contributed by atoms with E-state index in [1.807, 2.05) is 36.7 Å². The quantitative estimate of drug-likeness (QED) is 0.723. The van der Waals surface area contributed by atoms with Gasteiger partial charge in [0.15, 0.2) is 0 Å². The molecule has 0 saturated carbocycles. The van der Waals surface area contributed by atoms with Crippen LogP contribution in [-0.4, -0.2) is 14.9 Å². The molecule has 0 saturated heterocycles. The van der Waals surface area contributed by atoms with Crippen molar-refractivity contribution in [2.75, 3.05) is 0 Å². The van der Waals surface area contributed by atoms with E-state index in [9.17, 15) is 5.11 Å². The van der Waals surface area contributed by atoms with E-state index in [1.165, 1.54) is 0 Å². The Labute approximate surface area is 146 Å². The van der Waals surface area contributed by atoms with Gasteiger partial charge in [0.2, 0.25) is 0 Å². The van der Waals surface area contributed by atoms with Crippen molar-refractivity contribution >= 4 is 43.5 Å². The zero-order valence-electron chi connectivity index (χ0n) is 11.9. The lowest BCUT2D eigenvalue weighted by molar-refractivity contribution is 0.175. The molecule has 1 unspecified atom stereocenters. The van der Waals surface area contributed by atoms with Gasteiger partial charge in [0.05, 0.1) is 22.5 Å². The van der Waals surface area contributed by atoms with Crippen LogP contribution >= 0.6 is 43.5 Å². The lowest BCUT2D eigenvalue weighted by atomic mass is 10.0. The van der Waals surface area contributed by atoms with Crippen molar-refractivity contribution in [2.24, 2.45) is 0 Å². The summed E-state index contributed by atoms with van der Waals surface area (Å²) < 4.78 is 3.72. The molecule has 3 nitrogen and oxygen atoms in total. The monoisotopic (exact) mass is 434 g/mol. The Morgan fingerprint density at radius 2 is 1.86 bits per heavy atom. The number of hydrogen-bond acceptors (Lipinski definition) is 2. The first-order chi connectivity index (χ1) is 9.96. The van der Waals surface area contributed by atoms with Crippen LogP contribution in [0.3, 0.4) is 0 Å². The summed E-state index contributed by atoms with van der Waals surface area (Å²) in [5, 5.41) is 15.7. The molecule has 1 atom stereocenters. The van der Waals surface area contributed by atoms with E-state index in [1.54, 1.807) is 0 Å². The summed E-state index contributed by atoms with van der Waals surface area (Å²) in [6.45, 7) is 4.79. The zero-order chi connectivity index (χ0) is 15.6. The molecule has 2 rings (SSSR count). The van der Waals surface area contributed by atoms with E-state index >= 15 is 0 Å². The van der Waals surface area contributed by atoms with Gasteiger partial charge in [0.1, 0.15) is 0 Å². The number of aryl methyl sites for hydroxylation is 2. The first-order valence-electron chi connectivity index (χ1n) is 6.84. The molecule has 0 aliphatic carbocycles. The van der Waals surface area contributed by atoms with Gasteiger partial charge in [-0.25, -0.2) is 0 Å². The molecule has 0 aliphatic rings. The third-order valence-corrected chi connectivity index (χ3v) is 4.70. The number of aliphatic hydroxyl groups excluding tert-OH is 1. The van der Waals surface area contributed by atoms with Crippen molar-refractivity contribution in [3.05, 3.63) is 49.1 Å². The Balaban J connectivity index is 2.30. The molecule has 1 heterocycles. The fourth-order valence-corrected chi connectivity index (χ4v) is 3.96.